The third kappa shape index (κ3) is 5.12. The predicted octanol–water partition coefficient (Wildman–Crippen LogP) is 1.75. The van der Waals surface area contributed by atoms with Crippen molar-refractivity contribution in [3.05, 3.63) is 18.2 Å². The van der Waals surface area contributed by atoms with Crippen molar-refractivity contribution < 1.29 is 23.1 Å². The minimum Gasteiger partial charge on any atom is -0.393 e. The first-order valence-corrected chi connectivity index (χ1v) is 7.50. The highest BCUT2D eigenvalue weighted by molar-refractivity contribution is 5.73. The number of imidazole rings is 1. The number of aromatic nitrogens is 2. The van der Waals surface area contributed by atoms with Crippen molar-refractivity contribution in [3.63, 3.8) is 0 Å². The number of hydrogen-bond donors (Lipinski definition) is 2. The maximum atomic E-state index is 12.4. The van der Waals surface area contributed by atoms with Gasteiger partial charge in [0.1, 0.15) is 12.4 Å². The van der Waals surface area contributed by atoms with Gasteiger partial charge in [0.15, 0.2) is 0 Å². The van der Waals surface area contributed by atoms with Gasteiger partial charge in [0.25, 0.3) is 0 Å². The number of carbonyl (C=O) groups is 1. The number of alkyl halides is 3. The zero-order valence-corrected chi connectivity index (χ0v) is 12.9. The molecular weight excluding hydrogens is 313 g/mol. The summed E-state index contributed by atoms with van der Waals surface area (Å²) in [4.78, 5) is 17.3. The van der Waals surface area contributed by atoms with Crippen LogP contribution in [0.1, 0.15) is 25.1 Å². The lowest BCUT2D eigenvalue weighted by molar-refractivity contribution is -0.141. The average molecular weight is 334 g/mol. The first-order chi connectivity index (χ1) is 10.8. The second-order valence-electron chi connectivity index (χ2n) is 5.88. The van der Waals surface area contributed by atoms with Crippen molar-refractivity contribution in [2.24, 2.45) is 5.92 Å². The molecular formula is C14H21F3N4O2. The molecule has 0 aromatic carbocycles. The maximum Gasteiger partial charge on any atom is 0.406 e. The summed E-state index contributed by atoms with van der Waals surface area (Å²) in [5, 5.41) is 12.3. The molecule has 9 heteroatoms. The number of hydrogen-bond acceptors (Lipinski definition) is 3. The van der Waals surface area contributed by atoms with E-state index in [4.69, 9.17) is 0 Å². The molecule has 2 rings (SSSR count). The molecule has 2 atom stereocenters. The fourth-order valence-corrected chi connectivity index (χ4v) is 2.80. The van der Waals surface area contributed by atoms with Crippen LogP contribution in [-0.4, -0.2) is 51.5 Å². The van der Waals surface area contributed by atoms with Gasteiger partial charge >= 0.3 is 12.2 Å². The standard InChI is InChI=1S/C14H21F3N4O2/c1-20(8-10-3-2-4-11(10)22)13(23)19-7-12-18-5-6-21(12)9-14(15,16)17/h5-6,10-11,22H,2-4,7-9H2,1H3,(H,19,23)/t10-,11+/m1/s1. The number of urea groups is 1. The average Bonchev–Trinajstić information content (AvgIpc) is 3.04. The second kappa shape index (κ2) is 7.20. The molecule has 1 aromatic rings. The Bertz CT molecular complexity index is 532. The number of nitrogens with zero attached hydrogens (tertiary/aromatic N) is 3. The Morgan fingerprint density at radius 2 is 2.26 bits per heavy atom. The van der Waals surface area contributed by atoms with Crippen LogP contribution in [-0.2, 0) is 13.1 Å². The summed E-state index contributed by atoms with van der Waals surface area (Å²) in [5.74, 6) is 0.197. The second-order valence-corrected chi connectivity index (χ2v) is 5.88. The van der Waals surface area contributed by atoms with Crippen molar-refractivity contribution in [2.75, 3.05) is 13.6 Å². The van der Waals surface area contributed by atoms with Crippen molar-refractivity contribution >= 4 is 6.03 Å². The molecule has 0 saturated heterocycles. The zero-order chi connectivity index (χ0) is 17.0. The van der Waals surface area contributed by atoms with Gasteiger partial charge in [-0.15, -0.1) is 0 Å². The van der Waals surface area contributed by atoms with Crippen LogP contribution in [0.3, 0.4) is 0 Å². The maximum absolute atomic E-state index is 12.4. The Morgan fingerprint density at radius 1 is 1.52 bits per heavy atom. The van der Waals surface area contributed by atoms with E-state index in [1.807, 2.05) is 0 Å². The van der Waals surface area contributed by atoms with E-state index < -0.39 is 24.9 Å². The molecule has 0 spiro atoms. The van der Waals surface area contributed by atoms with Gasteiger partial charge in [0.05, 0.1) is 12.6 Å². The van der Waals surface area contributed by atoms with E-state index in [9.17, 15) is 23.1 Å². The smallest absolute Gasteiger partial charge is 0.393 e. The van der Waals surface area contributed by atoms with Gasteiger partial charge < -0.3 is 19.9 Å². The van der Waals surface area contributed by atoms with Gasteiger partial charge in [-0.3, -0.25) is 0 Å². The number of aliphatic hydroxyl groups excluding tert-OH is 1. The molecule has 0 radical (unpaired) electrons. The lowest BCUT2D eigenvalue weighted by Crippen LogP contribution is -2.41. The normalized spacial score (nSPS) is 21.4. The highest BCUT2D eigenvalue weighted by Gasteiger charge is 2.29. The quantitative estimate of drug-likeness (QED) is 0.862. The summed E-state index contributed by atoms with van der Waals surface area (Å²) in [7, 11) is 1.60. The van der Waals surface area contributed by atoms with Crippen LogP contribution in [0, 0.1) is 5.92 Å². The van der Waals surface area contributed by atoms with E-state index in [1.165, 1.54) is 17.3 Å². The molecule has 0 unspecified atom stereocenters. The van der Waals surface area contributed by atoms with Gasteiger partial charge in [-0.25, -0.2) is 9.78 Å². The summed E-state index contributed by atoms with van der Waals surface area (Å²) >= 11 is 0. The zero-order valence-electron chi connectivity index (χ0n) is 12.9. The molecule has 6 nitrogen and oxygen atoms in total. The molecule has 2 amide bonds. The fourth-order valence-electron chi connectivity index (χ4n) is 2.80. The lowest BCUT2D eigenvalue weighted by atomic mass is 10.1. The molecule has 0 bridgehead atoms. The number of carbonyl (C=O) groups excluding carboxylic acids is 1. The van der Waals surface area contributed by atoms with Crippen LogP contribution in [0.15, 0.2) is 12.4 Å². The molecule has 1 fully saturated rings. The summed E-state index contributed by atoms with van der Waals surface area (Å²) in [6.45, 7) is -0.800. The topological polar surface area (TPSA) is 70.4 Å². The number of halogens is 3. The first-order valence-electron chi connectivity index (χ1n) is 7.50. The van der Waals surface area contributed by atoms with Crippen LogP contribution in [0.4, 0.5) is 18.0 Å². The Labute approximate surface area is 132 Å². The monoisotopic (exact) mass is 334 g/mol. The summed E-state index contributed by atoms with van der Waals surface area (Å²) in [5.41, 5.74) is 0. The summed E-state index contributed by atoms with van der Waals surface area (Å²) < 4.78 is 38.2. The molecule has 23 heavy (non-hydrogen) atoms. The highest BCUT2D eigenvalue weighted by Crippen LogP contribution is 2.26. The van der Waals surface area contributed by atoms with E-state index in [1.54, 1.807) is 7.05 Å². The van der Waals surface area contributed by atoms with Gasteiger partial charge in [0, 0.05) is 31.9 Å². The SMILES string of the molecule is CN(C[C@H]1CCC[C@@H]1O)C(=O)NCc1nccn1CC(F)(F)F. The minimum absolute atomic E-state index is 0.0537. The third-order valence-electron chi connectivity index (χ3n) is 4.02. The predicted molar refractivity (Wildman–Crippen MR) is 76.5 cm³/mol. The summed E-state index contributed by atoms with van der Waals surface area (Å²) in [6.07, 6.45) is 0.324. The van der Waals surface area contributed by atoms with E-state index in [-0.39, 0.29) is 18.3 Å². The number of rotatable bonds is 5. The summed E-state index contributed by atoms with van der Waals surface area (Å²) in [6, 6.07) is -0.398. The number of nitrogens with one attached hydrogen (secondary N) is 1. The van der Waals surface area contributed by atoms with E-state index >= 15 is 0 Å². The van der Waals surface area contributed by atoms with Gasteiger partial charge in [-0.05, 0) is 12.8 Å². The Morgan fingerprint density at radius 3 is 2.87 bits per heavy atom. The van der Waals surface area contributed by atoms with E-state index in [2.05, 4.69) is 10.3 Å². The van der Waals surface area contributed by atoms with Crippen LogP contribution < -0.4 is 5.32 Å². The van der Waals surface area contributed by atoms with Crippen molar-refractivity contribution in [1.29, 1.82) is 0 Å². The van der Waals surface area contributed by atoms with Crippen LogP contribution in [0.25, 0.3) is 0 Å². The first kappa shape index (κ1) is 17.6. The Balaban J connectivity index is 1.83. The van der Waals surface area contributed by atoms with Crippen LogP contribution >= 0.6 is 0 Å². The van der Waals surface area contributed by atoms with Crippen molar-refractivity contribution in [3.8, 4) is 0 Å². The van der Waals surface area contributed by atoms with Crippen LogP contribution in [0.2, 0.25) is 0 Å². The van der Waals surface area contributed by atoms with Gasteiger partial charge in [-0.1, -0.05) is 6.42 Å². The highest BCUT2D eigenvalue weighted by atomic mass is 19.4. The fraction of sp³-hybridized carbons (Fsp3) is 0.714. The molecule has 0 aliphatic heterocycles. The van der Waals surface area contributed by atoms with Gasteiger partial charge in [-0.2, -0.15) is 13.2 Å². The molecule has 2 N–H and O–H groups in total. The molecule has 1 aromatic heterocycles. The van der Waals surface area contributed by atoms with Crippen molar-refractivity contribution in [1.82, 2.24) is 19.8 Å². The van der Waals surface area contributed by atoms with E-state index in [0.29, 0.717) is 6.54 Å². The van der Waals surface area contributed by atoms with Crippen LogP contribution in [0.5, 0.6) is 0 Å². The molecule has 1 heterocycles. The largest absolute Gasteiger partial charge is 0.406 e. The lowest BCUT2D eigenvalue weighted by Gasteiger charge is -2.23. The minimum atomic E-state index is -4.34. The van der Waals surface area contributed by atoms with E-state index in [0.717, 1.165) is 23.8 Å². The number of aliphatic hydroxyl groups is 1. The Hall–Kier alpha value is -1.77. The molecule has 1 aliphatic rings. The molecule has 130 valence electrons. The third-order valence-corrected chi connectivity index (χ3v) is 4.02. The molecule has 1 saturated carbocycles. The van der Waals surface area contributed by atoms with Crippen molar-refractivity contribution in [2.45, 2.75) is 44.6 Å². The molecule has 1 aliphatic carbocycles. The number of amides is 2. The Kier molecular flexibility index (Phi) is 5.51. The van der Waals surface area contributed by atoms with Gasteiger partial charge in [0.2, 0.25) is 0 Å².